The van der Waals surface area contributed by atoms with Crippen molar-refractivity contribution in [2.45, 2.75) is 0 Å². The van der Waals surface area contributed by atoms with Gasteiger partial charge in [-0.15, -0.1) is 0 Å². The van der Waals surface area contributed by atoms with Crippen molar-refractivity contribution in [3.05, 3.63) is 35.9 Å². The van der Waals surface area contributed by atoms with E-state index in [0.717, 1.165) is 5.56 Å². The molecule has 58 valence electrons. The molecular formula is C7H6AuNaOS. The Kier molecular flexibility index (Phi) is 7.07. The van der Waals surface area contributed by atoms with Crippen molar-refractivity contribution in [3.63, 3.8) is 0 Å². The second kappa shape index (κ2) is 6.49. The fourth-order valence-corrected chi connectivity index (χ4v) is 1.58. The van der Waals surface area contributed by atoms with Crippen LogP contribution in [0.5, 0.6) is 0 Å². The zero-order chi connectivity index (χ0) is 7.40. The van der Waals surface area contributed by atoms with Crippen molar-refractivity contribution in [1.82, 2.24) is 0 Å². The van der Waals surface area contributed by atoms with E-state index in [1.807, 2.05) is 30.3 Å². The minimum absolute atomic E-state index is 0. The first-order valence-corrected chi connectivity index (χ1v) is 6.00. The molecule has 0 aliphatic heterocycles. The summed E-state index contributed by atoms with van der Waals surface area (Å²) in [5, 5.41) is 0.101. The number of carbonyl (C=O) groups is 1. The van der Waals surface area contributed by atoms with Crippen LogP contribution >= 0.6 is 9.23 Å². The summed E-state index contributed by atoms with van der Waals surface area (Å²) in [5.41, 5.74) is 0.759. The van der Waals surface area contributed by atoms with Gasteiger partial charge in [0.2, 0.25) is 0 Å². The standard InChI is InChI=1S/C7H6OS.Au.Na.H/c8-7(9)6-4-2-1-3-5-6;;;/h1-5H,(H,8,9);;;/q;+1;;/p-1. The molecule has 1 aromatic rings. The quantitative estimate of drug-likeness (QED) is 0.706. The molecule has 0 spiro atoms. The molecule has 0 amide bonds. The van der Waals surface area contributed by atoms with Gasteiger partial charge in [0, 0.05) is 0 Å². The molecule has 0 unspecified atom stereocenters. The monoisotopic (exact) mass is 358 g/mol. The van der Waals surface area contributed by atoms with E-state index in [2.05, 4.69) is 19.7 Å². The van der Waals surface area contributed by atoms with E-state index in [-0.39, 0.29) is 34.7 Å². The summed E-state index contributed by atoms with van der Waals surface area (Å²) in [5.74, 6) is 0. The summed E-state index contributed by atoms with van der Waals surface area (Å²) in [6, 6.07) is 9.23. The van der Waals surface area contributed by atoms with Gasteiger partial charge in [-0.25, -0.2) is 0 Å². The molecule has 4 heteroatoms. The average Bonchev–Trinajstić information content (AvgIpc) is 2.05. The number of benzene rings is 1. The molecule has 1 rings (SSSR count). The predicted molar refractivity (Wildman–Crippen MR) is 45.5 cm³/mol. The molecule has 0 N–H and O–H groups in total. The van der Waals surface area contributed by atoms with E-state index in [1.165, 1.54) is 9.23 Å². The Morgan fingerprint density at radius 1 is 1.27 bits per heavy atom. The Bertz CT molecular complexity index is 227. The summed E-state index contributed by atoms with van der Waals surface area (Å²) in [7, 11) is 1.18. The summed E-state index contributed by atoms with van der Waals surface area (Å²) < 4.78 is 0. The molecule has 0 atom stereocenters. The van der Waals surface area contributed by atoms with Crippen molar-refractivity contribution in [3.8, 4) is 0 Å². The molecule has 0 fully saturated rings. The van der Waals surface area contributed by atoms with Crippen LogP contribution in [-0.4, -0.2) is 34.7 Å². The van der Waals surface area contributed by atoms with Crippen LogP contribution in [0.2, 0.25) is 0 Å². The molecule has 11 heavy (non-hydrogen) atoms. The zero-order valence-corrected chi connectivity index (χ0v) is 7.99. The maximum atomic E-state index is 11.0. The van der Waals surface area contributed by atoms with Gasteiger partial charge in [0.15, 0.2) is 0 Å². The van der Waals surface area contributed by atoms with Crippen LogP contribution in [0.1, 0.15) is 10.4 Å². The van der Waals surface area contributed by atoms with E-state index < -0.39 is 0 Å². The van der Waals surface area contributed by atoms with Crippen molar-refractivity contribution < 1.29 is 24.5 Å². The van der Waals surface area contributed by atoms with E-state index in [1.54, 1.807) is 0 Å². The molecule has 0 saturated carbocycles. The Balaban J connectivity index is 0.000001000. The fourth-order valence-electron chi connectivity index (χ4n) is 0.610. The third-order valence-corrected chi connectivity index (χ3v) is 2.62. The van der Waals surface area contributed by atoms with Gasteiger partial charge in [0.1, 0.15) is 0 Å². The Hall–Kier alpha value is 0.980. The molecule has 0 heterocycles. The second-order valence-corrected chi connectivity index (χ2v) is 3.54. The summed E-state index contributed by atoms with van der Waals surface area (Å²) in [6.07, 6.45) is 0. The normalized spacial score (nSPS) is 8.55. The SMILES string of the molecule is O=C([S][Au])c1ccccc1.[NaH]. The molecule has 1 aromatic carbocycles. The van der Waals surface area contributed by atoms with Gasteiger partial charge < -0.3 is 0 Å². The van der Waals surface area contributed by atoms with Gasteiger partial charge in [-0.3, -0.25) is 0 Å². The minimum atomic E-state index is 0. The van der Waals surface area contributed by atoms with Gasteiger partial charge >= 0.3 is 104 Å². The molecular weight excluding hydrogens is 352 g/mol. The van der Waals surface area contributed by atoms with Gasteiger partial charge in [-0.2, -0.15) is 0 Å². The van der Waals surface area contributed by atoms with Crippen molar-refractivity contribution >= 4 is 43.9 Å². The Labute approximate surface area is 103 Å². The van der Waals surface area contributed by atoms with Gasteiger partial charge in [0.05, 0.1) is 0 Å². The third-order valence-electron chi connectivity index (χ3n) is 1.07. The van der Waals surface area contributed by atoms with Crippen LogP contribution in [0.3, 0.4) is 0 Å². The van der Waals surface area contributed by atoms with Crippen molar-refractivity contribution in [1.29, 1.82) is 0 Å². The molecule has 1 nitrogen and oxygen atoms in total. The topological polar surface area (TPSA) is 17.1 Å². The summed E-state index contributed by atoms with van der Waals surface area (Å²) in [6.45, 7) is 0. The van der Waals surface area contributed by atoms with E-state index in [9.17, 15) is 4.79 Å². The molecule has 0 radical (unpaired) electrons. The first-order chi connectivity index (χ1) is 4.84. The van der Waals surface area contributed by atoms with Crippen LogP contribution in [0.25, 0.3) is 0 Å². The first kappa shape index (κ1) is 12.0. The summed E-state index contributed by atoms with van der Waals surface area (Å²) in [4.78, 5) is 11.0. The van der Waals surface area contributed by atoms with Crippen LogP contribution in [0, 0.1) is 0 Å². The Morgan fingerprint density at radius 3 is 2.27 bits per heavy atom. The van der Waals surface area contributed by atoms with Crippen molar-refractivity contribution in [2.24, 2.45) is 0 Å². The zero-order valence-electron chi connectivity index (χ0n) is 5.00. The number of carbonyl (C=O) groups excluding carboxylic acids is 1. The second-order valence-electron chi connectivity index (χ2n) is 1.72. The number of hydrogen-bond acceptors (Lipinski definition) is 2. The molecule has 0 aliphatic rings. The van der Waals surface area contributed by atoms with Gasteiger partial charge in [-0.05, 0) is 0 Å². The van der Waals surface area contributed by atoms with Crippen LogP contribution in [0.15, 0.2) is 30.3 Å². The van der Waals surface area contributed by atoms with E-state index in [0.29, 0.717) is 0 Å². The van der Waals surface area contributed by atoms with E-state index >= 15 is 0 Å². The van der Waals surface area contributed by atoms with E-state index in [4.69, 9.17) is 0 Å². The van der Waals surface area contributed by atoms with Crippen molar-refractivity contribution in [2.75, 3.05) is 0 Å². The molecule has 0 aliphatic carbocycles. The third kappa shape index (κ3) is 3.95. The number of hydrogen-bond donors (Lipinski definition) is 0. The van der Waals surface area contributed by atoms with Gasteiger partial charge in [-0.1, -0.05) is 0 Å². The van der Waals surface area contributed by atoms with Crippen LogP contribution in [-0.2, 0) is 19.7 Å². The van der Waals surface area contributed by atoms with Crippen LogP contribution in [0.4, 0.5) is 0 Å². The Morgan fingerprint density at radius 2 is 1.82 bits per heavy atom. The van der Waals surface area contributed by atoms with Gasteiger partial charge in [0.25, 0.3) is 0 Å². The first-order valence-electron chi connectivity index (χ1n) is 2.69. The fraction of sp³-hybridized carbons (Fsp3) is 0. The molecule has 0 bridgehead atoms. The average molecular weight is 358 g/mol. The maximum absolute atomic E-state index is 11.0. The molecule has 0 aromatic heterocycles. The summed E-state index contributed by atoms with van der Waals surface area (Å²) >= 11 is 2.15. The number of rotatable bonds is 1. The molecule has 0 saturated heterocycles. The predicted octanol–water partition coefficient (Wildman–Crippen LogP) is 1.37. The van der Waals surface area contributed by atoms with Crippen LogP contribution < -0.4 is 0 Å².